The monoisotopic (exact) mass is 201 g/mol. The predicted octanol–water partition coefficient (Wildman–Crippen LogP) is 0.997. The fourth-order valence-electron chi connectivity index (χ4n) is 0.834. The third-order valence-corrected chi connectivity index (χ3v) is 1.63. The van der Waals surface area contributed by atoms with Crippen LogP contribution < -0.4 is 5.32 Å². The van der Waals surface area contributed by atoms with E-state index in [0.29, 0.717) is 5.88 Å². The smallest absolute Gasteiger partial charge is 0.213 e. The topological polar surface area (TPSA) is 51.0 Å². The molecule has 0 bridgehead atoms. The normalized spacial score (nSPS) is 11.2. The molecule has 0 saturated carbocycles. The van der Waals surface area contributed by atoms with Crippen LogP contribution in [0.15, 0.2) is 23.1 Å². The molecular weight excluding hydrogens is 190 g/mol. The van der Waals surface area contributed by atoms with Gasteiger partial charge in [0.1, 0.15) is 0 Å². The molecule has 1 aromatic rings. The van der Waals surface area contributed by atoms with Gasteiger partial charge in [-0.15, -0.1) is 11.6 Å². The minimum absolute atomic E-state index is 0.562. The molecule has 0 atom stereocenters. The van der Waals surface area contributed by atoms with Crippen LogP contribution in [-0.4, -0.2) is 29.1 Å². The van der Waals surface area contributed by atoms with Crippen LogP contribution in [0, 0.1) is 0 Å². The number of allylic oxidation sites excluding steroid dienone is 1. The average molecular weight is 202 g/mol. The number of nitrogens with one attached hydrogen (secondary N) is 1. The van der Waals surface area contributed by atoms with Crippen LogP contribution >= 0.6 is 11.6 Å². The molecule has 0 aliphatic heterocycles. The van der Waals surface area contributed by atoms with E-state index in [1.165, 1.54) is 6.39 Å². The number of hydrogen-bond donors (Lipinski definition) is 1. The lowest BCUT2D eigenvalue weighted by Crippen LogP contribution is -2.17. The Morgan fingerprint density at radius 2 is 2.46 bits per heavy atom. The first kappa shape index (κ1) is 10.2. The number of alkyl halides is 1. The maximum atomic E-state index is 5.45. The van der Waals surface area contributed by atoms with Gasteiger partial charge in [-0.2, -0.15) is 4.98 Å². The van der Waals surface area contributed by atoms with Crippen molar-refractivity contribution in [2.24, 2.45) is 0 Å². The van der Waals surface area contributed by atoms with Crippen molar-refractivity contribution in [3.63, 3.8) is 0 Å². The van der Waals surface area contributed by atoms with Gasteiger partial charge in [0.2, 0.25) is 6.39 Å². The van der Waals surface area contributed by atoms with Crippen LogP contribution in [-0.2, 0) is 6.42 Å². The predicted molar refractivity (Wildman–Crippen MR) is 50.7 cm³/mol. The molecule has 0 amide bonds. The van der Waals surface area contributed by atoms with Crippen molar-refractivity contribution in [1.29, 1.82) is 0 Å². The Kier molecular flexibility index (Phi) is 5.20. The fraction of sp³-hybridized carbons (Fsp3) is 0.500. The minimum Gasteiger partial charge on any atom is -0.343 e. The number of rotatable bonds is 6. The van der Waals surface area contributed by atoms with Crippen LogP contribution in [0.5, 0.6) is 0 Å². The molecule has 0 unspecified atom stereocenters. The molecule has 0 aliphatic carbocycles. The summed E-state index contributed by atoms with van der Waals surface area (Å²) in [6, 6.07) is 0. The van der Waals surface area contributed by atoms with E-state index >= 15 is 0 Å². The highest BCUT2D eigenvalue weighted by Gasteiger charge is 1.95. The Hall–Kier alpha value is -0.870. The van der Waals surface area contributed by atoms with Crippen molar-refractivity contribution in [3.05, 3.63) is 24.4 Å². The molecule has 4 nitrogen and oxygen atoms in total. The number of aromatic nitrogens is 2. The van der Waals surface area contributed by atoms with Gasteiger partial charge in [-0.1, -0.05) is 17.3 Å². The summed E-state index contributed by atoms with van der Waals surface area (Å²) >= 11 is 5.45. The molecule has 13 heavy (non-hydrogen) atoms. The van der Waals surface area contributed by atoms with Gasteiger partial charge in [-0.05, 0) is 0 Å². The molecule has 1 heterocycles. The first-order chi connectivity index (χ1) is 6.43. The van der Waals surface area contributed by atoms with Crippen LogP contribution in [0.25, 0.3) is 0 Å². The summed E-state index contributed by atoms with van der Waals surface area (Å²) in [5.74, 6) is 1.29. The van der Waals surface area contributed by atoms with Crippen molar-refractivity contribution in [2.75, 3.05) is 19.0 Å². The van der Waals surface area contributed by atoms with Gasteiger partial charge < -0.3 is 9.84 Å². The third-order valence-electron chi connectivity index (χ3n) is 1.45. The van der Waals surface area contributed by atoms with Gasteiger partial charge in [-0.3, -0.25) is 0 Å². The summed E-state index contributed by atoms with van der Waals surface area (Å²) in [5.41, 5.74) is 0. The second-order valence-corrected chi connectivity index (χ2v) is 2.74. The SMILES string of the molecule is ClC/C=C/CNCCc1ncon1. The first-order valence-electron chi connectivity index (χ1n) is 4.10. The lowest BCUT2D eigenvalue weighted by atomic mass is 10.4. The van der Waals surface area contributed by atoms with E-state index in [2.05, 4.69) is 20.0 Å². The van der Waals surface area contributed by atoms with E-state index in [1.54, 1.807) is 0 Å². The Morgan fingerprint density at radius 3 is 3.15 bits per heavy atom. The Bertz CT molecular complexity index is 236. The Labute approximate surface area is 82.0 Å². The molecule has 0 saturated heterocycles. The summed E-state index contributed by atoms with van der Waals surface area (Å²) in [5, 5.41) is 6.88. The molecule has 1 N–H and O–H groups in total. The number of hydrogen-bond acceptors (Lipinski definition) is 4. The van der Waals surface area contributed by atoms with Crippen LogP contribution in [0.1, 0.15) is 5.82 Å². The molecule has 0 aliphatic rings. The summed E-state index contributed by atoms with van der Waals surface area (Å²) < 4.78 is 4.59. The van der Waals surface area contributed by atoms with Gasteiger partial charge in [0.25, 0.3) is 0 Å². The summed E-state index contributed by atoms with van der Waals surface area (Å²) in [7, 11) is 0. The summed E-state index contributed by atoms with van der Waals surface area (Å²) in [6.07, 6.45) is 6.01. The van der Waals surface area contributed by atoms with Gasteiger partial charge in [0, 0.05) is 25.4 Å². The first-order valence-corrected chi connectivity index (χ1v) is 4.64. The van der Waals surface area contributed by atoms with E-state index in [9.17, 15) is 0 Å². The van der Waals surface area contributed by atoms with Crippen molar-refractivity contribution < 1.29 is 4.52 Å². The molecule has 5 heteroatoms. The minimum atomic E-state index is 0.562. The summed E-state index contributed by atoms with van der Waals surface area (Å²) in [4.78, 5) is 3.89. The average Bonchev–Trinajstić information content (AvgIpc) is 2.63. The lowest BCUT2D eigenvalue weighted by molar-refractivity contribution is 0.409. The van der Waals surface area contributed by atoms with E-state index in [4.69, 9.17) is 11.6 Å². The van der Waals surface area contributed by atoms with E-state index in [0.717, 1.165) is 25.3 Å². The molecule has 0 aromatic carbocycles. The number of halogens is 1. The van der Waals surface area contributed by atoms with Gasteiger partial charge in [-0.25, -0.2) is 0 Å². The fourth-order valence-corrected chi connectivity index (χ4v) is 0.960. The number of nitrogens with zero attached hydrogens (tertiary/aromatic N) is 2. The molecule has 0 spiro atoms. The maximum Gasteiger partial charge on any atom is 0.213 e. The molecule has 0 fully saturated rings. The zero-order chi connectivity index (χ0) is 9.36. The van der Waals surface area contributed by atoms with Crippen molar-refractivity contribution in [3.8, 4) is 0 Å². The summed E-state index contributed by atoms with van der Waals surface area (Å²) in [6.45, 7) is 1.66. The Balaban J connectivity index is 1.99. The highest BCUT2D eigenvalue weighted by Crippen LogP contribution is 1.87. The van der Waals surface area contributed by atoms with Gasteiger partial charge in [0.05, 0.1) is 0 Å². The van der Waals surface area contributed by atoms with Crippen LogP contribution in [0.4, 0.5) is 0 Å². The van der Waals surface area contributed by atoms with Crippen molar-refractivity contribution >= 4 is 11.6 Å². The van der Waals surface area contributed by atoms with Crippen LogP contribution in [0.2, 0.25) is 0 Å². The lowest BCUT2D eigenvalue weighted by Gasteiger charge is -1.96. The van der Waals surface area contributed by atoms with E-state index in [-0.39, 0.29) is 0 Å². The van der Waals surface area contributed by atoms with Crippen LogP contribution in [0.3, 0.4) is 0 Å². The second kappa shape index (κ2) is 6.62. The quantitative estimate of drug-likeness (QED) is 0.424. The van der Waals surface area contributed by atoms with Gasteiger partial charge >= 0.3 is 0 Å². The maximum absolute atomic E-state index is 5.45. The van der Waals surface area contributed by atoms with E-state index in [1.807, 2.05) is 12.2 Å². The molecule has 1 aromatic heterocycles. The molecule has 0 radical (unpaired) electrons. The zero-order valence-electron chi connectivity index (χ0n) is 7.24. The Morgan fingerprint density at radius 1 is 1.54 bits per heavy atom. The highest BCUT2D eigenvalue weighted by molar-refractivity contribution is 6.18. The molecule has 72 valence electrons. The van der Waals surface area contributed by atoms with Crippen molar-refractivity contribution in [2.45, 2.75) is 6.42 Å². The second-order valence-electron chi connectivity index (χ2n) is 2.43. The van der Waals surface area contributed by atoms with E-state index < -0.39 is 0 Å². The molecular formula is C8H12ClN3O. The zero-order valence-corrected chi connectivity index (χ0v) is 8.00. The van der Waals surface area contributed by atoms with Gasteiger partial charge in [0.15, 0.2) is 5.82 Å². The molecule has 1 rings (SSSR count). The highest BCUT2D eigenvalue weighted by atomic mass is 35.5. The largest absolute Gasteiger partial charge is 0.343 e. The van der Waals surface area contributed by atoms with Crippen molar-refractivity contribution in [1.82, 2.24) is 15.5 Å². The third kappa shape index (κ3) is 4.65. The standard InChI is InChI=1S/C8H12ClN3O/c9-4-1-2-5-10-6-3-8-11-7-13-12-8/h1-2,7,10H,3-6H2/b2-1+.